The molecule has 0 fully saturated rings. The minimum atomic E-state index is -0.236. The van der Waals surface area contributed by atoms with E-state index >= 15 is 0 Å². The number of rotatable bonds is 4. The van der Waals surface area contributed by atoms with E-state index in [-0.39, 0.29) is 11.8 Å². The molecule has 0 spiro atoms. The number of benzene rings is 2. The van der Waals surface area contributed by atoms with Crippen LogP contribution in [0.3, 0.4) is 0 Å². The van der Waals surface area contributed by atoms with Gasteiger partial charge in [0.05, 0.1) is 21.7 Å². The van der Waals surface area contributed by atoms with E-state index in [1.54, 1.807) is 30.3 Å². The highest BCUT2D eigenvalue weighted by atomic mass is 32.1. The molecule has 2 aromatic heterocycles. The molecule has 4 aromatic rings. The first-order valence-corrected chi connectivity index (χ1v) is 10.0. The average Bonchev–Trinajstić information content (AvgIpc) is 3.23. The Morgan fingerprint density at radius 1 is 0.862 bits per heavy atom. The second kappa shape index (κ2) is 7.85. The molecule has 2 N–H and O–H groups in total. The molecular weight excluding hydrogens is 382 g/mol. The maximum Gasteiger partial charge on any atom is 0.265 e. The smallest absolute Gasteiger partial charge is 0.265 e. The maximum atomic E-state index is 12.8. The normalized spacial score (nSPS) is 10.7. The van der Waals surface area contributed by atoms with Gasteiger partial charge in [-0.2, -0.15) is 0 Å². The molecule has 2 aromatic carbocycles. The van der Waals surface area contributed by atoms with Crippen LogP contribution in [-0.4, -0.2) is 16.8 Å². The zero-order valence-corrected chi connectivity index (χ0v) is 16.8. The predicted octanol–water partition coefficient (Wildman–Crippen LogP) is 5.42. The van der Waals surface area contributed by atoms with Crippen molar-refractivity contribution in [1.82, 2.24) is 4.98 Å². The van der Waals surface area contributed by atoms with Crippen LogP contribution in [0.4, 0.5) is 11.4 Å². The highest BCUT2D eigenvalue weighted by Gasteiger charge is 2.13. The molecule has 0 saturated heterocycles. The third kappa shape index (κ3) is 4.17. The summed E-state index contributed by atoms with van der Waals surface area (Å²) in [5.41, 5.74) is 4.39. The van der Waals surface area contributed by atoms with Gasteiger partial charge in [0.15, 0.2) is 0 Å². The number of aromatic nitrogens is 1. The quantitative estimate of drug-likeness (QED) is 0.480. The molecule has 144 valence electrons. The number of anilines is 2. The number of carbonyl (C=O) groups excluding carboxylic acids is 2. The summed E-state index contributed by atoms with van der Waals surface area (Å²) in [6, 6.07) is 18.5. The Morgan fingerprint density at radius 2 is 1.62 bits per heavy atom. The van der Waals surface area contributed by atoms with Crippen LogP contribution < -0.4 is 10.6 Å². The first kappa shape index (κ1) is 18.8. The molecule has 2 heterocycles. The van der Waals surface area contributed by atoms with Gasteiger partial charge in [-0.1, -0.05) is 23.8 Å². The summed E-state index contributed by atoms with van der Waals surface area (Å²) in [5.74, 6) is -0.409. The van der Waals surface area contributed by atoms with Gasteiger partial charge in [0.1, 0.15) is 0 Å². The standard InChI is InChI=1S/C23H19N3O2S/c1-14-8-9-20-16(11-14)12-19(15(2)24-20)22(27)25-17-5-3-6-18(13-17)26-23(28)21-7-4-10-29-21/h3-13H,1-2H3,(H,25,27)(H,26,28). The average molecular weight is 401 g/mol. The van der Waals surface area contributed by atoms with Gasteiger partial charge in [0.25, 0.3) is 11.8 Å². The van der Waals surface area contributed by atoms with Gasteiger partial charge in [-0.15, -0.1) is 11.3 Å². The van der Waals surface area contributed by atoms with Crippen LogP contribution in [0.5, 0.6) is 0 Å². The van der Waals surface area contributed by atoms with Gasteiger partial charge in [-0.25, -0.2) is 0 Å². The molecule has 4 rings (SSSR count). The number of hydrogen-bond donors (Lipinski definition) is 2. The highest BCUT2D eigenvalue weighted by Crippen LogP contribution is 2.21. The summed E-state index contributed by atoms with van der Waals surface area (Å²) in [6.45, 7) is 3.83. The van der Waals surface area contributed by atoms with Gasteiger partial charge in [0.2, 0.25) is 0 Å². The van der Waals surface area contributed by atoms with E-state index in [1.807, 2.05) is 49.6 Å². The Morgan fingerprint density at radius 3 is 2.34 bits per heavy atom. The van der Waals surface area contributed by atoms with Crippen LogP contribution in [-0.2, 0) is 0 Å². The zero-order chi connectivity index (χ0) is 20.4. The second-order valence-corrected chi connectivity index (χ2v) is 7.73. The van der Waals surface area contributed by atoms with E-state index in [1.165, 1.54) is 11.3 Å². The van der Waals surface area contributed by atoms with Crippen molar-refractivity contribution in [3.63, 3.8) is 0 Å². The molecule has 0 unspecified atom stereocenters. The largest absolute Gasteiger partial charge is 0.322 e. The molecule has 0 atom stereocenters. The fraction of sp³-hybridized carbons (Fsp3) is 0.0870. The van der Waals surface area contributed by atoms with Crippen LogP contribution in [0.2, 0.25) is 0 Å². The van der Waals surface area contributed by atoms with Crippen LogP contribution in [0, 0.1) is 13.8 Å². The van der Waals surface area contributed by atoms with Gasteiger partial charge in [-0.05, 0) is 61.7 Å². The summed E-state index contributed by atoms with van der Waals surface area (Å²) in [4.78, 5) is 30.3. The summed E-state index contributed by atoms with van der Waals surface area (Å²) in [5, 5.41) is 8.53. The Labute approximate surface area is 172 Å². The van der Waals surface area contributed by atoms with Crippen molar-refractivity contribution in [2.24, 2.45) is 0 Å². The van der Waals surface area contributed by atoms with E-state index < -0.39 is 0 Å². The monoisotopic (exact) mass is 401 g/mol. The van der Waals surface area contributed by atoms with Crippen molar-refractivity contribution in [2.75, 3.05) is 10.6 Å². The van der Waals surface area contributed by atoms with Crippen molar-refractivity contribution in [1.29, 1.82) is 0 Å². The molecule has 0 saturated carbocycles. The molecule has 0 radical (unpaired) electrons. The second-order valence-electron chi connectivity index (χ2n) is 6.78. The number of thiophene rings is 1. The number of carbonyl (C=O) groups is 2. The number of hydrogen-bond acceptors (Lipinski definition) is 4. The third-order valence-corrected chi connectivity index (χ3v) is 5.40. The third-order valence-electron chi connectivity index (χ3n) is 4.53. The predicted molar refractivity (Wildman–Crippen MR) is 118 cm³/mol. The molecule has 29 heavy (non-hydrogen) atoms. The lowest BCUT2D eigenvalue weighted by Gasteiger charge is -2.11. The Kier molecular flexibility index (Phi) is 5.10. The fourth-order valence-electron chi connectivity index (χ4n) is 3.10. The summed E-state index contributed by atoms with van der Waals surface area (Å²) in [7, 11) is 0. The SMILES string of the molecule is Cc1ccc2nc(C)c(C(=O)Nc3cccc(NC(=O)c4cccs4)c3)cc2c1. The molecule has 6 heteroatoms. The molecule has 0 bridgehead atoms. The van der Waals surface area contributed by atoms with Crippen LogP contribution >= 0.6 is 11.3 Å². The molecule has 0 aliphatic carbocycles. The molecule has 0 aliphatic heterocycles. The van der Waals surface area contributed by atoms with E-state index in [9.17, 15) is 9.59 Å². The lowest BCUT2D eigenvalue weighted by molar-refractivity contribution is 0.102. The summed E-state index contributed by atoms with van der Waals surface area (Å²) >= 11 is 1.38. The van der Waals surface area contributed by atoms with Gasteiger partial charge in [-0.3, -0.25) is 14.6 Å². The topological polar surface area (TPSA) is 71.1 Å². The Bertz CT molecular complexity index is 1220. The van der Waals surface area contributed by atoms with Crippen LogP contribution in [0.25, 0.3) is 10.9 Å². The van der Waals surface area contributed by atoms with Gasteiger partial charge < -0.3 is 10.6 Å². The number of fused-ring (bicyclic) bond motifs is 1. The van der Waals surface area contributed by atoms with Crippen molar-refractivity contribution >= 4 is 45.4 Å². The highest BCUT2D eigenvalue weighted by molar-refractivity contribution is 7.12. The van der Waals surface area contributed by atoms with Crippen LogP contribution in [0.1, 0.15) is 31.3 Å². The van der Waals surface area contributed by atoms with Crippen molar-refractivity contribution in [2.45, 2.75) is 13.8 Å². The molecular formula is C23H19N3O2S. The van der Waals surface area contributed by atoms with E-state index in [2.05, 4.69) is 15.6 Å². The molecule has 5 nitrogen and oxygen atoms in total. The fourth-order valence-corrected chi connectivity index (χ4v) is 3.71. The number of pyridine rings is 1. The van der Waals surface area contributed by atoms with Gasteiger partial charge in [0, 0.05) is 16.8 Å². The zero-order valence-electron chi connectivity index (χ0n) is 16.0. The number of aryl methyl sites for hydroxylation is 2. The van der Waals surface area contributed by atoms with E-state index in [0.717, 1.165) is 16.5 Å². The maximum absolute atomic E-state index is 12.8. The van der Waals surface area contributed by atoms with Crippen LogP contribution in [0.15, 0.2) is 66.0 Å². The molecule has 2 amide bonds. The minimum Gasteiger partial charge on any atom is -0.322 e. The first-order valence-electron chi connectivity index (χ1n) is 9.14. The van der Waals surface area contributed by atoms with Crippen molar-refractivity contribution in [3.8, 4) is 0 Å². The lowest BCUT2D eigenvalue weighted by atomic mass is 10.1. The Balaban J connectivity index is 1.55. The lowest BCUT2D eigenvalue weighted by Crippen LogP contribution is -2.15. The van der Waals surface area contributed by atoms with E-state index in [0.29, 0.717) is 27.5 Å². The van der Waals surface area contributed by atoms with Gasteiger partial charge >= 0.3 is 0 Å². The summed E-state index contributed by atoms with van der Waals surface area (Å²) < 4.78 is 0. The van der Waals surface area contributed by atoms with Crippen molar-refractivity contribution in [3.05, 3.63) is 87.7 Å². The minimum absolute atomic E-state index is 0.173. The summed E-state index contributed by atoms with van der Waals surface area (Å²) in [6.07, 6.45) is 0. The molecule has 0 aliphatic rings. The first-order chi connectivity index (χ1) is 14.0. The van der Waals surface area contributed by atoms with Crippen molar-refractivity contribution < 1.29 is 9.59 Å². The van der Waals surface area contributed by atoms with E-state index in [4.69, 9.17) is 0 Å². The Hall–Kier alpha value is -3.51. The number of nitrogens with one attached hydrogen (secondary N) is 2. The number of amides is 2. The number of nitrogens with zero attached hydrogens (tertiary/aromatic N) is 1.